The molecule has 1 aliphatic rings. The number of benzene rings is 1. The summed E-state index contributed by atoms with van der Waals surface area (Å²) in [5, 5.41) is 1.10. The van der Waals surface area contributed by atoms with Gasteiger partial charge in [-0.2, -0.15) is 0 Å². The second kappa shape index (κ2) is 2.80. The summed E-state index contributed by atoms with van der Waals surface area (Å²) in [6.45, 7) is 0.392. The molecule has 2 heterocycles. The lowest BCUT2D eigenvalue weighted by Crippen LogP contribution is -2.04. The predicted molar refractivity (Wildman–Crippen MR) is 54.8 cm³/mol. The van der Waals surface area contributed by atoms with E-state index < -0.39 is 0 Å². The van der Waals surface area contributed by atoms with Gasteiger partial charge in [-0.3, -0.25) is 9.98 Å². The van der Waals surface area contributed by atoms with Gasteiger partial charge >= 0.3 is 0 Å². The van der Waals surface area contributed by atoms with E-state index in [0.717, 1.165) is 22.2 Å². The van der Waals surface area contributed by atoms with Crippen LogP contribution in [0.1, 0.15) is 5.56 Å². The highest BCUT2D eigenvalue weighted by Crippen LogP contribution is 2.28. The molecule has 1 aromatic carbocycles. The molecule has 14 heavy (non-hydrogen) atoms. The van der Waals surface area contributed by atoms with Crippen LogP contribution in [0, 0.1) is 0 Å². The Morgan fingerprint density at radius 3 is 3.21 bits per heavy atom. The van der Waals surface area contributed by atoms with Crippen molar-refractivity contribution in [2.45, 2.75) is 0 Å². The Hall–Kier alpha value is -1.90. The van der Waals surface area contributed by atoms with Crippen LogP contribution in [0.15, 0.2) is 35.5 Å². The number of pyridine rings is 1. The number of hydrogen-bond acceptors (Lipinski definition) is 3. The van der Waals surface area contributed by atoms with Gasteiger partial charge in [0.2, 0.25) is 0 Å². The number of hydrogen-bond donors (Lipinski definition) is 0. The average Bonchev–Trinajstić information content (AvgIpc) is 2.29. The third-order valence-electron chi connectivity index (χ3n) is 2.27. The van der Waals surface area contributed by atoms with Crippen LogP contribution in [0.5, 0.6) is 5.75 Å². The van der Waals surface area contributed by atoms with Gasteiger partial charge in [0.15, 0.2) is 12.5 Å². The lowest BCUT2D eigenvalue weighted by Gasteiger charge is -2.12. The van der Waals surface area contributed by atoms with Gasteiger partial charge in [-0.25, -0.2) is 0 Å². The molecule has 1 aliphatic heterocycles. The predicted octanol–water partition coefficient (Wildman–Crippen LogP) is 2.00. The van der Waals surface area contributed by atoms with Crippen LogP contribution in [0.4, 0.5) is 0 Å². The monoisotopic (exact) mass is 184 g/mol. The summed E-state index contributed by atoms with van der Waals surface area (Å²) in [5.41, 5.74) is 1.92. The molecule has 0 N–H and O–H groups in total. The summed E-state index contributed by atoms with van der Waals surface area (Å²) in [5.74, 6) is 0.845. The zero-order valence-corrected chi connectivity index (χ0v) is 7.47. The Kier molecular flexibility index (Phi) is 1.50. The van der Waals surface area contributed by atoms with Gasteiger partial charge in [0.05, 0.1) is 0 Å². The molecule has 0 unspecified atom stereocenters. The molecule has 0 saturated heterocycles. The van der Waals surface area contributed by atoms with Crippen molar-refractivity contribution >= 4 is 17.1 Å². The minimum Gasteiger partial charge on any atom is -0.468 e. The summed E-state index contributed by atoms with van der Waals surface area (Å²) >= 11 is 0. The largest absolute Gasteiger partial charge is 0.468 e. The van der Waals surface area contributed by atoms with E-state index in [0.29, 0.717) is 6.73 Å². The van der Waals surface area contributed by atoms with Crippen molar-refractivity contribution in [3.63, 3.8) is 0 Å². The van der Waals surface area contributed by atoms with E-state index in [1.165, 1.54) is 0 Å². The maximum absolute atomic E-state index is 5.48. The highest BCUT2D eigenvalue weighted by atomic mass is 16.5. The number of aromatic nitrogens is 1. The first-order valence-electron chi connectivity index (χ1n) is 4.45. The molecule has 0 fully saturated rings. The van der Waals surface area contributed by atoms with Gasteiger partial charge in [-0.1, -0.05) is 12.1 Å². The fourth-order valence-electron chi connectivity index (χ4n) is 1.62. The summed E-state index contributed by atoms with van der Waals surface area (Å²) in [4.78, 5) is 8.36. The van der Waals surface area contributed by atoms with Crippen LogP contribution in [0.3, 0.4) is 0 Å². The third-order valence-corrected chi connectivity index (χ3v) is 2.27. The fourth-order valence-corrected chi connectivity index (χ4v) is 1.62. The van der Waals surface area contributed by atoms with E-state index in [1.54, 1.807) is 6.20 Å². The van der Waals surface area contributed by atoms with Crippen LogP contribution in [0.25, 0.3) is 10.9 Å². The van der Waals surface area contributed by atoms with Gasteiger partial charge < -0.3 is 4.74 Å². The molecule has 68 valence electrons. The molecule has 3 heteroatoms. The quantitative estimate of drug-likeness (QED) is 0.627. The zero-order valence-electron chi connectivity index (χ0n) is 7.47. The number of rotatable bonds is 0. The Morgan fingerprint density at radius 1 is 1.21 bits per heavy atom. The fraction of sp³-hybridized carbons (Fsp3) is 0.0909. The molecule has 0 amide bonds. The van der Waals surface area contributed by atoms with Gasteiger partial charge in [0, 0.05) is 23.4 Å². The van der Waals surface area contributed by atoms with E-state index in [1.807, 2.05) is 30.5 Å². The summed E-state index contributed by atoms with van der Waals surface area (Å²) < 4.78 is 5.48. The first kappa shape index (κ1) is 7.50. The minimum absolute atomic E-state index is 0.392. The standard InChI is InChI=1S/C11H8N2O/c1-2-8-3-4-9-6-12-7-14-11(9)10(8)13-5-1/h1-6H,7H2. The molecule has 0 bridgehead atoms. The Labute approximate surface area is 81.1 Å². The summed E-state index contributed by atoms with van der Waals surface area (Å²) in [6.07, 6.45) is 3.60. The maximum atomic E-state index is 5.48. The lowest BCUT2D eigenvalue weighted by molar-refractivity contribution is 0.329. The van der Waals surface area contributed by atoms with Crippen molar-refractivity contribution in [2.75, 3.05) is 6.73 Å². The third kappa shape index (κ3) is 0.988. The van der Waals surface area contributed by atoms with Crippen LogP contribution in [-0.2, 0) is 0 Å². The van der Waals surface area contributed by atoms with Gasteiger partial charge in [0.25, 0.3) is 0 Å². The van der Waals surface area contributed by atoms with Crippen molar-refractivity contribution < 1.29 is 4.74 Å². The molecule has 0 spiro atoms. The van der Waals surface area contributed by atoms with Crippen LogP contribution < -0.4 is 4.74 Å². The lowest BCUT2D eigenvalue weighted by atomic mass is 10.1. The molecular formula is C11H8N2O. The van der Waals surface area contributed by atoms with Gasteiger partial charge in [-0.05, 0) is 12.1 Å². The Balaban J connectivity index is 2.41. The molecule has 0 radical (unpaired) electrons. The summed E-state index contributed by atoms with van der Waals surface area (Å²) in [6, 6.07) is 7.98. The number of fused-ring (bicyclic) bond motifs is 3. The van der Waals surface area contributed by atoms with Crippen molar-refractivity contribution in [2.24, 2.45) is 4.99 Å². The molecule has 3 rings (SSSR count). The highest BCUT2D eigenvalue weighted by molar-refractivity contribution is 5.95. The van der Waals surface area contributed by atoms with Gasteiger partial charge in [-0.15, -0.1) is 0 Å². The minimum atomic E-state index is 0.392. The van der Waals surface area contributed by atoms with E-state index >= 15 is 0 Å². The second-order valence-corrected chi connectivity index (χ2v) is 3.14. The number of aliphatic imine (C=N–C) groups is 1. The van der Waals surface area contributed by atoms with Crippen molar-refractivity contribution in [3.05, 3.63) is 36.0 Å². The first-order chi connectivity index (χ1) is 6.95. The normalized spacial score (nSPS) is 13.7. The SMILES string of the molecule is C1=NCOc2c1ccc1cccnc21. The van der Waals surface area contributed by atoms with E-state index in [2.05, 4.69) is 9.98 Å². The average molecular weight is 184 g/mol. The van der Waals surface area contributed by atoms with Crippen LogP contribution >= 0.6 is 0 Å². The molecule has 1 aromatic heterocycles. The molecule has 0 atom stereocenters. The smallest absolute Gasteiger partial charge is 0.179 e. The van der Waals surface area contributed by atoms with E-state index in [4.69, 9.17) is 4.74 Å². The molecule has 0 aliphatic carbocycles. The number of nitrogens with zero attached hydrogens (tertiary/aromatic N) is 2. The van der Waals surface area contributed by atoms with Crippen molar-refractivity contribution in [1.29, 1.82) is 0 Å². The Morgan fingerprint density at radius 2 is 2.21 bits per heavy atom. The molecular weight excluding hydrogens is 176 g/mol. The molecule has 3 nitrogen and oxygen atoms in total. The highest BCUT2D eigenvalue weighted by Gasteiger charge is 2.10. The zero-order chi connectivity index (χ0) is 9.38. The molecule has 0 saturated carbocycles. The van der Waals surface area contributed by atoms with E-state index in [-0.39, 0.29) is 0 Å². The maximum Gasteiger partial charge on any atom is 0.179 e. The summed E-state index contributed by atoms with van der Waals surface area (Å²) in [7, 11) is 0. The van der Waals surface area contributed by atoms with Crippen molar-refractivity contribution in [3.8, 4) is 5.75 Å². The van der Waals surface area contributed by atoms with Crippen LogP contribution in [-0.4, -0.2) is 17.9 Å². The molecule has 2 aromatic rings. The topological polar surface area (TPSA) is 34.5 Å². The van der Waals surface area contributed by atoms with Crippen molar-refractivity contribution in [1.82, 2.24) is 4.98 Å². The Bertz CT molecular complexity index is 520. The second-order valence-electron chi connectivity index (χ2n) is 3.14. The first-order valence-corrected chi connectivity index (χ1v) is 4.45. The van der Waals surface area contributed by atoms with Crippen LogP contribution in [0.2, 0.25) is 0 Å². The van der Waals surface area contributed by atoms with Gasteiger partial charge in [0.1, 0.15) is 5.52 Å². The number of ether oxygens (including phenoxy) is 1. The van der Waals surface area contributed by atoms with E-state index in [9.17, 15) is 0 Å².